The molecule has 0 aromatic rings. The molecule has 2 rings (SSSR count). The standard InChI is InChI=1S/C12H18N2/c1-7-5-6-8(2)12-11(7)13-9(3)10(4)14-12/h13-14H,5-6H2,1-4H3. The van der Waals surface area contributed by atoms with Crippen LogP contribution in [-0.2, 0) is 0 Å². The number of hydrogen-bond donors (Lipinski definition) is 2. The molecule has 0 atom stereocenters. The van der Waals surface area contributed by atoms with Crippen molar-refractivity contribution < 1.29 is 0 Å². The molecule has 14 heavy (non-hydrogen) atoms. The van der Waals surface area contributed by atoms with E-state index in [-0.39, 0.29) is 0 Å². The summed E-state index contributed by atoms with van der Waals surface area (Å²) in [5.74, 6) is 0. The molecule has 0 amide bonds. The van der Waals surface area contributed by atoms with Gasteiger partial charge in [-0.05, 0) is 51.7 Å². The first kappa shape index (κ1) is 9.38. The van der Waals surface area contributed by atoms with E-state index in [4.69, 9.17) is 0 Å². The van der Waals surface area contributed by atoms with Crippen LogP contribution in [0.25, 0.3) is 0 Å². The van der Waals surface area contributed by atoms with E-state index in [1.807, 2.05) is 0 Å². The molecule has 0 aromatic carbocycles. The second-order valence-corrected chi connectivity index (χ2v) is 4.31. The fraction of sp³-hybridized carbons (Fsp3) is 0.500. The van der Waals surface area contributed by atoms with Gasteiger partial charge in [0.15, 0.2) is 0 Å². The van der Waals surface area contributed by atoms with Crippen molar-refractivity contribution in [3.05, 3.63) is 33.9 Å². The molecule has 0 spiro atoms. The van der Waals surface area contributed by atoms with E-state index in [0.29, 0.717) is 0 Å². The van der Waals surface area contributed by atoms with Crippen molar-refractivity contribution >= 4 is 0 Å². The summed E-state index contributed by atoms with van der Waals surface area (Å²) in [5.41, 5.74) is 8.00. The van der Waals surface area contributed by atoms with Gasteiger partial charge in [-0.3, -0.25) is 0 Å². The van der Waals surface area contributed by atoms with Crippen molar-refractivity contribution in [2.24, 2.45) is 0 Å². The van der Waals surface area contributed by atoms with E-state index in [0.717, 1.165) is 0 Å². The normalized spacial score (nSPS) is 22.0. The van der Waals surface area contributed by atoms with E-state index in [2.05, 4.69) is 38.3 Å². The molecule has 1 aliphatic heterocycles. The number of nitrogens with one attached hydrogen (secondary N) is 2. The van der Waals surface area contributed by atoms with Crippen LogP contribution in [0.5, 0.6) is 0 Å². The van der Waals surface area contributed by atoms with Crippen LogP contribution in [0.4, 0.5) is 0 Å². The zero-order chi connectivity index (χ0) is 10.3. The summed E-state index contributed by atoms with van der Waals surface area (Å²) in [6, 6.07) is 0. The predicted octanol–water partition coefficient (Wildman–Crippen LogP) is 2.77. The van der Waals surface area contributed by atoms with Gasteiger partial charge in [-0.1, -0.05) is 0 Å². The summed E-state index contributed by atoms with van der Waals surface area (Å²) in [6.45, 7) is 8.65. The predicted molar refractivity (Wildman–Crippen MR) is 59.3 cm³/mol. The topological polar surface area (TPSA) is 24.1 Å². The molecule has 2 N–H and O–H groups in total. The minimum Gasteiger partial charge on any atom is -0.356 e. The van der Waals surface area contributed by atoms with Crippen LogP contribution in [0.2, 0.25) is 0 Å². The molecule has 76 valence electrons. The van der Waals surface area contributed by atoms with Crippen LogP contribution in [0.1, 0.15) is 40.5 Å². The molecule has 2 nitrogen and oxygen atoms in total. The van der Waals surface area contributed by atoms with Crippen LogP contribution in [0, 0.1) is 0 Å². The summed E-state index contributed by atoms with van der Waals surface area (Å²) >= 11 is 0. The average molecular weight is 190 g/mol. The molecule has 0 radical (unpaired) electrons. The number of allylic oxidation sites excluding steroid dienone is 4. The Bertz CT molecular complexity index is 334. The van der Waals surface area contributed by atoms with Gasteiger partial charge in [-0.15, -0.1) is 0 Å². The summed E-state index contributed by atoms with van der Waals surface area (Å²) in [4.78, 5) is 0. The molecule has 1 aliphatic carbocycles. The first-order chi connectivity index (χ1) is 6.59. The van der Waals surface area contributed by atoms with Crippen molar-refractivity contribution in [2.75, 3.05) is 0 Å². The molecule has 0 unspecified atom stereocenters. The summed E-state index contributed by atoms with van der Waals surface area (Å²) in [6.07, 6.45) is 2.37. The van der Waals surface area contributed by atoms with Gasteiger partial charge in [0.25, 0.3) is 0 Å². The van der Waals surface area contributed by atoms with Gasteiger partial charge in [0.2, 0.25) is 0 Å². The van der Waals surface area contributed by atoms with Crippen molar-refractivity contribution in [3.8, 4) is 0 Å². The largest absolute Gasteiger partial charge is 0.356 e. The molecule has 2 heteroatoms. The first-order valence-electron chi connectivity index (χ1n) is 5.21. The lowest BCUT2D eigenvalue weighted by atomic mass is 9.93. The van der Waals surface area contributed by atoms with Gasteiger partial charge in [0.1, 0.15) is 0 Å². The van der Waals surface area contributed by atoms with Gasteiger partial charge >= 0.3 is 0 Å². The van der Waals surface area contributed by atoms with E-state index in [9.17, 15) is 0 Å². The quantitative estimate of drug-likeness (QED) is 0.613. The summed E-state index contributed by atoms with van der Waals surface area (Å²) in [7, 11) is 0. The van der Waals surface area contributed by atoms with Crippen molar-refractivity contribution in [2.45, 2.75) is 40.5 Å². The second kappa shape index (κ2) is 3.19. The Morgan fingerprint density at radius 3 is 1.43 bits per heavy atom. The Morgan fingerprint density at radius 1 is 0.714 bits per heavy atom. The average Bonchev–Trinajstić information content (AvgIpc) is 2.15. The zero-order valence-corrected chi connectivity index (χ0v) is 9.41. The molecule has 0 saturated heterocycles. The van der Waals surface area contributed by atoms with Crippen LogP contribution in [0.3, 0.4) is 0 Å². The van der Waals surface area contributed by atoms with Crippen molar-refractivity contribution in [1.29, 1.82) is 0 Å². The van der Waals surface area contributed by atoms with Gasteiger partial charge in [-0.25, -0.2) is 0 Å². The Balaban J connectivity index is 2.49. The molecule has 2 aliphatic rings. The summed E-state index contributed by atoms with van der Waals surface area (Å²) < 4.78 is 0. The molecule has 0 aromatic heterocycles. The highest BCUT2D eigenvalue weighted by Gasteiger charge is 2.21. The van der Waals surface area contributed by atoms with Crippen LogP contribution in [-0.4, -0.2) is 0 Å². The van der Waals surface area contributed by atoms with Crippen LogP contribution >= 0.6 is 0 Å². The maximum absolute atomic E-state index is 3.49. The van der Waals surface area contributed by atoms with Crippen LogP contribution in [0.15, 0.2) is 33.9 Å². The van der Waals surface area contributed by atoms with Gasteiger partial charge in [0, 0.05) is 11.4 Å². The van der Waals surface area contributed by atoms with Gasteiger partial charge in [0.05, 0.1) is 11.4 Å². The van der Waals surface area contributed by atoms with E-state index in [1.54, 1.807) is 0 Å². The van der Waals surface area contributed by atoms with Crippen molar-refractivity contribution in [1.82, 2.24) is 10.6 Å². The van der Waals surface area contributed by atoms with E-state index >= 15 is 0 Å². The molecule has 1 heterocycles. The van der Waals surface area contributed by atoms with E-state index in [1.165, 1.54) is 46.8 Å². The second-order valence-electron chi connectivity index (χ2n) is 4.31. The minimum atomic E-state index is 1.19. The third-order valence-electron chi connectivity index (χ3n) is 3.17. The highest BCUT2D eigenvalue weighted by molar-refractivity contribution is 5.45. The molecular formula is C12H18N2. The Hall–Kier alpha value is -1.18. The third kappa shape index (κ3) is 1.35. The van der Waals surface area contributed by atoms with Gasteiger partial charge in [-0.2, -0.15) is 0 Å². The lowest BCUT2D eigenvalue weighted by Crippen LogP contribution is -2.33. The molecule has 0 saturated carbocycles. The number of rotatable bonds is 0. The first-order valence-corrected chi connectivity index (χ1v) is 5.21. The minimum absolute atomic E-state index is 1.19. The lowest BCUT2D eigenvalue weighted by molar-refractivity contribution is 0.724. The van der Waals surface area contributed by atoms with Crippen molar-refractivity contribution in [3.63, 3.8) is 0 Å². The number of fused-ring (bicyclic) bond motifs is 1. The monoisotopic (exact) mass is 190 g/mol. The maximum atomic E-state index is 3.49. The highest BCUT2D eigenvalue weighted by Crippen LogP contribution is 2.30. The Labute approximate surface area is 85.8 Å². The maximum Gasteiger partial charge on any atom is 0.0610 e. The molecule has 0 bridgehead atoms. The fourth-order valence-electron chi connectivity index (χ4n) is 1.95. The zero-order valence-electron chi connectivity index (χ0n) is 9.41. The number of hydrogen-bond acceptors (Lipinski definition) is 2. The third-order valence-corrected chi connectivity index (χ3v) is 3.17. The fourth-order valence-corrected chi connectivity index (χ4v) is 1.95. The highest BCUT2D eigenvalue weighted by atomic mass is 15.1. The molecule has 0 fully saturated rings. The summed E-state index contributed by atoms with van der Waals surface area (Å²) in [5, 5.41) is 6.97. The lowest BCUT2D eigenvalue weighted by Gasteiger charge is -2.31. The Kier molecular flexibility index (Phi) is 2.14. The smallest absolute Gasteiger partial charge is 0.0610 e. The van der Waals surface area contributed by atoms with Crippen LogP contribution < -0.4 is 10.6 Å². The van der Waals surface area contributed by atoms with Gasteiger partial charge < -0.3 is 10.6 Å². The SMILES string of the molecule is CC1=C2NC(C)=C(C)NC2=C(C)CC1. The van der Waals surface area contributed by atoms with E-state index < -0.39 is 0 Å². The Morgan fingerprint density at radius 2 is 1.07 bits per heavy atom. The molecular weight excluding hydrogens is 172 g/mol.